The molecule has 1 aromatic rings. The van der Waals surface area contributed by atoms with Gasteiger partial charge in [0.2, 0.25) is 0 Å². The lowest BCUT2D eigenvalue weighted by molar-refractivity contribution is 0.0476. The Labute approximate surface area is 139 Å². The first-order chi connectivity index (χ1) is 9.45. The van der Waals surface area contributed by atoms with Crippen molar-refractivity contribution in [3.63, 3.8) is 0 Å². The SMILES string of the molecule is CCCNC(c1cc(Br)c(Cl)s1)C1C(C)OC(C)C1C. The molecule has 114 valence electrons. The normalized spacial score (nSPS) is 31.7. The van der Waals surface area contributed by atoms with Crippen LogP contribution in [0.15, 0.2) is 10.5 Å². The summed E-state index contributed by atoms with van der Waals surface area (Å²) in [6.45, 7) is 9.87. The molecule has 2 heterocycles. The molecule has 2 rings (SSSR count). The lowest BCUT2D eigenvalue weighted by atomic mass is 9.82. The Balaban J connectivity index is 2.27. The molecule has 0 amide bonds. The molecule has 5 unspecified atom stereocenters. The summed E-state index contributed by atoms with van der Waals surface area (Å²) >= 11 is 11.4. The Kier molecular flexibility index (Phi) is 5.95. The molecule has 20 heavy (non-hydrogen) atoms. The minimum atomic E-state index is 0.272. The Morgan fingerprint density at radius 1 is 1.40 bits per heavy atom. The highest BCUT2D eigenvalue weighted by Gasteiger charge is 2.42. The average molecular weight is 381 g/mol. The summed E-state index contributed by atoms with van der Waals surface area (Å²) in [4.78, 5) is 1.30. The van der Waals surface area contributed by atoms with Gasteiger partial charge in [-0.3, -0.25) is 0 Å². The quantitative estimate of drug-likeness (QED) is 0.752. The van der Waals surface area contributed by atoms with Crippen LogP contribution in [0.3, 0.4) is 0 Å². The van der Waals surface area contributed by atoms with Gasteiger partial charge in [-0.05, 0) is 54.7 Å². The van der Waals surface area contributed by atoms with Crippen LogP contribution in [-0.4, -0.2) is 18.8 Å². The Morgan fingerprint density at radius 3 is 2.55 bits per heavy atom. The Hall–Kier alpha value is 0.390. The lowest BCUT2D eigenvalue weighted by Gasteiger charge is -2.29. The number of rotatable bonds is 5. The summed E-state index contributed by atoms with van der Waals surface area (Å²) < 4.78 is 7.85. The van der Waals surface area contributed by atoms with Gasteiger partial charge in [0.15, 0.2) is 0 Å². The second kappa shape index (κ2) is 7.10. The summed E-state index contributed by atoms with van der Waals surface area (Å²) in [5, 5.41) is 3.70. The fourth-order valence-corrected chi connectivity index (χ4v) is 4.98. The Bertz CT molecular complexity index is 434. The fourth-order valence-electron chi connectivity index (χ4n) is 3.11. The van der Waals surface area contributed by atoms with Crippen molar-refractivity contribution in [2.24, 2.45) is 11.8 Å². The molecule has 0 bridgehead atoms. The zero-order valence-corrected chi connectivity index (χ0v) is 15.6. The predicted molar refractivity (Wildman–Crippen MR) is 90.7 cm³/mol. The first-order valence-corrected chi connectivity index (χ1v) is 9.28. The van der Waals surface area contributed by atoms with E-state index in [1.165, 1.54) is 4.88 Å². The highest BCUT2D eigenvalue weighted by atomic mass is 79.9. The van der Waals surface area contributed by atoms with E-state index in [1.807, 2.05) is 0 Å². The molecular formula is C15H23BrClNOS. The molecule has 1 N–H and O–H groups in total. The van der Waals surface area contributed by atoms with Crippen LogP contribution in [-0.2, 0) is 4.74 Å². The summed E-state index contributed by atoms with van der Waals surface area (Å²) in [6, 6.07) is 2.47. The van der Waals surface area contributed by atoms with Crippen LogP contribution >= 0.6 is 38.9 Å². The molecule has 1 aromatic heterocycles. The van der Waals surface area contributed by atoms with Gasteiger partial charge in [-0.25, -0.2) is 0 Å². The van der Waals surface area contributed by atoms with E-state index in [9.17, 15) is 0 Å². The molecule has 2 nitrogen and oxygen atoms in total. The molecule has 5 atom stereocenters. The zero-order valence-electron chi connectivity index (χ0n) is 12.5. The minimum Gasteiger partial charge on any atom is -0.375 e. The lowest BCUT2D eigenvalue weighted by Crippen LogP contribution is -2.34. The second-order valence-electron chi connectivity index (χ2n) is 5.68. The van der Waals surface area contributed by atoms with Crippen molar-refractivity contribution in [3.05, 3.63) is 19.8 Å². The van der Waals surface area contributed by atoms with Crippen molar-refractivity contribution >= 4 is 38.9 Å². The van der Waals surface area contributed by atoms with Gasteiger partial charge in [0.1, 0.15) is 4.34 Å². The van der Waals surface area contributed by atoms with Gasteiger partial charge in [0.05, 0.1) is 12.2 Å². The molecule has 1 aliphatic heterocycles. The molecule has 0 aliphatic carbocycles. The van der Waals surface area contributed by atoms with Crippen LogP contribution in [0.5, 0.6) is 0 Å². The van der Waals surface area contributed by atoms with Gasteiger partial charge in [-0.15, -0.1) is 11.3 Å². The third-order valence-corrected chi connectivity index (χ3v) is 6.85. The number of halogens is 2. The number of thiophene rings is 1. The van der Waals surface area contributed by atoms with Gasteiger partial charge in [0, 0.05) is 21.3 Å². The van der Waals surface area contributed by atoms with Crippen LogP contribution < -0.4 is 5.32 Å². The van der Waals surface area contributed by atoms with Gasteiger partial charge >= 0.3 is 0 Å². The van der Waals surface area contributed by atoms with Crippen LogP contribution in [0, 0.1) is 11.8 Å². The molecule has 1 aliphatic rings. The number of ether oxygens (including phenoxy) is 1. The summed E-state index contributed by atoms with van der Waals surface area (Å²) in [7, 11) is 0. The van der Waals surface area contributed by atoms with E-state index in [4.69, 9.17) is 16.3 Å². The molecule has 1 saturated heterocycles. The molecule has 1 fully saturated rings. The topological polar surface area (TPSA) is 21.3 Å². The molecule has 0 radical (unpaired) electrons. The highest BCUT2D eigenvalue weighted by molar-refractivity contribution is 9.10. The van der Waals surface area contributed by atoms with E-state index in [2.05, 4.69) is 55.0 Å². The van der Waals surface area contributed by atoms with Crippen molar-refractivity contribution in [2.45, 2.75) is 52.4 Å². The molecular weight excluding hydrogens is 358 g/mol. The Morgan fingerprint density at radius 2 is 2.10 bits per heavy atom. The van der Waals surface area contributed by atoms with Crippen molar-refractivity contribution in [1.82, 2.24) is 5.32 Å². The van der Waals surface area contributed by atoms with E-state index in [1.54, 1.807) is 11.3 Å². The van der Waals surface area contributed by atoms with Crippen molar-refractivity contribution in [2.75, 3.05) is 6.54 Å². The summed E-state index contributed by atoms with van der Waals surface area (Å²) in [5.74, 6) is 1.03. The average Bonchev–Trinajstić information content (AvgIpc) is 2.84. The first kappa shape index (κ1) is 16.8. The van der Waals surface area contributed by atoms with Crippen molar-refractivity contribution in [3.8, 4) is 0 Å². The maximum atomic E-state index is 6.23. The smallest absolute Gasteiger partial charge is 0.107 e. The molecule has 0 aromatic carbocycles. The van der Waals surface area contributed by atoms with Crippen molar-refractivity contribution < 1.29 is 4.74 Å². The van der Waals surface area contributed by atoms with Gasteiger partial charge in [0.25, 0.3) is 0 Å². The standard InChI is InChI=1S/C15H23BrClNOS/c1-5-6-18-14(12-7-11(16)15(17)20-12)13-8(2)9(3)19-10(13)4/h7-10,13-14,18H,5-6H2,1-4H3. The molecule has 5 heteroatoms. The maximum absolute atomic E-state index is 6.23. The van der Waals surface area contributed by atoms with E-state index >= 15 is 0 Å². The number of hydrogen-bond acceptors (Lipinski definition) is 3. The monoisotopic (exact) mass is 379 g/mol. The van der Waals surface area contributed by atoms with Crippen LogP contribution in [0.2, 0.25) is 4.34 Å². The van der Waals surface area contributed by atoms with E-state index in [0.29, 0.717) is 24.0 Å². The third-order valence-electron chi connectivity index (χ3n) is 4.29. The second-order valence-corrected chi connectivity index (χ2v) is 8.23. The number of hydrogen-bond donors (Lipinski definition) is 1. The zero-order chi connectivity index (χ0) is 14.9. The maximum Gasteiger partial charge on any atom is 0.107 e. The van der Waals surface area contributed by atoms with Gasteiger partial charge < -0.3 is 10.1 Å². The van der Waals surface area contributed by atoms with Crippen molar-refractivity contribution in [1.29, 1.82) is 0 Å². The largest absolute Gasteiger partial charge is 0.375 e. The van der Waals surface area contributed by atoms with Crippen LogP contribution in [0.4, 0.5) is 0 Å². The van der Waals surface area contributed by atoms with E-state index < -0.39 is 0 Å². The predicted octanol–water partition coefficient (Wildman–Crippen LogP) is 5.26. The van der Waals surface area contributed by atoms with E-state index in [-0.39, 0.29) is 6.10 Å². The van der Waals surface area contributed by atoms with Gasteiger partial charge in [-0.2, -0.15) is 0 Å². The first-order valence-electron chi connectivity index (χ1n) is 7.29. The summed E-state index contributed by atoms with van der Waals surface area (Å²) in [5.41, 5.74) is 0. The number of nitrogens with one attached hydrogen (secondary N) is 1. The molecule has 0 spiro atoms. The summed E-state index contributed by atoms with van der Waals surface area (Å²) in [6.07, 6.45) is 1.72. The minimum absolute atomic E-state index is 0.272. The van der Waals surface area contributed by atoms with Crippen LogP contribution in [0.25, 0.3) is 0 Å². The van der Waals surface area contributed by atoms with E-state index in [0.717, 1.165) is 21.8 Å². The highest BCUT2D eigenvalue weighted by Crippen LogP contribution is 2.44. The van der Waals surface area contributed by atoms with Gasteiger partial charge in [-0.1, -0.05) is 25.4 Å². The van der Waals surface area contributed by atoms with Crippen LogP contribution in [0.1, 0.15) is 45.0 Å². The third kappa shape index (κ3) is 3.41. The fraction of sp³-hybridized carbons (Fsp3) is 0.733. The molecule has 0 saturated carbocycles.